The number of benzene rings is 2. The zero-order valence-corrected chi connectivity index (χ0v) is 22.9. The van der Waals surface area contributed by atoms with Crippen LogP contribution in [0.3, 0.4) is 0 Å². The minimum absolute atomic E-state index is 0.00613. The van der Waals surface area contributed by atoms with Gasteiger partial charge in [0.1, 0.15) is 17.5 Å². The molecular weight excluding hydrogens is 526 g/mol. The van der Waals surface area contributed by atoms with Gasteiger partial charge in [-0.25, -0.2) is 22.9 Å². The molecule has 3 amide bonds. The number of carbonyl (C=O) groups excluding carboxylic acids is 2. The number of nitrogens with zero attached hydrogens (tertiary/aromatic N) is 1. The summed E-state index contributed by atoms with van der Waals surface area (Å²) in [5.74, 6) is 0.744. The van der Waals surface area contributed by atoms with Crippen LogP contribution in [0.5, 0.6) is 11.5 Å². The Balaban J connectivity index is 1.45. The van der Waals surface area contributed by atoms with Gasteiger partial charge in [-0.1, -0.05) is 32.0 Å². The molecule has 0 radical (unpaired) electrons. The Morgan fingerprint density at radius 3 is 2.28 bits per heavy atom. The molecule has 3 rings (SSSR count). The van der Waals surface area contributed by atoms with Gasteiger partial charge in [-0.3, -0.25) is 10.2 Å². The molecule has 1 aliphatic rings. The molecule has 0 bridgehead atoms. The van der Waals surface area contributed by atoms with Gasteiger partial charge in [0.05, 0.1) is 24.2 Å². The number of ether oxygens (including phenoxy) is 2. The van der Waals surface area contributed by atoms with Gasteiger partial charge in [-0.05, 0) is 48.7 Å². The molecule has 12 nitrogen and oxygen atoms in total. The van der Waals surface area contributed by atoms with Crippen LogP contribution < -0.4 is 25.5 Å². The molecule has 1 unspecified atom stereocenters. The standard InChI is InChI=1S/C26H37N5O7S/c1-19(2)16-24(29-26(34)30-31-12-14-37-15-13-31)25(33)27-17-20(32)18-28-39(35,36)23-10-8-22(9-11-23)38-21-6-4-3-5-7-21/h3-11,19-20,24,28,32H,12-18H2,1-2H3,(H,27,33)(H2,29,30,34)/t20?,24-/m0/s1. The predicted octanol–water partition coefficient (Wildman–Crippen LogP) is 1.20. The summed E-state index contributed by atoms with van der Waals surface area (Å²) in [6.45, 7) is 5.43. The van der Waals surface area contributed by atoms with Crippen LogP contribution in [0.2, 0.25) is 0 Å². The molecule has 1 saturated heterocycles. The van der Waals surface area contributed by atoms with Gasteiger partial charge in [0, 0.05) is 26.2 Å². The molecule has 1 fully saturated rings. The Labute approximate surface area is 229 Å². The lowest BCUT2D eigenvalue weighted by molar-refractivity contribution is -0.123. The molecular formula is C26H37N5O7S. The minimum atomic E-state index is -3.90. The van der Waals surface area contributed by atoms with E-state index in [9.17, 15) is 23.1 Å². The van der Waals surface area contributed by atoms with Gasteiger partial charge in [-0.15, -0.1) is 0 Å². The van der Waals surface area contributed by atoms with Crippen molar-refractivity contribution in [2.24, 2.45) is 5.92 Å². The van der Waals surface area contributed by atoms with E-state index in [0.29, 0.717) is 44.2 Å². The third kappa shape index (κ3) is 10.5. The van der Waals surface area contributed by atoms with Crippen molar-refractivity contribution >= 4 is 22.0 Å². The van der Waals surface area contributed by atoms with Crippen molar-refractivity contribution in [1.29, 1.82) is 0 Å². The molecule has 0 saturated carbocycles. The van der Waals surface area contributed by atoms with E-state index in [1.807, 2.05) is 32.0 Å². The number of nitrogens with one attached hydrogen (secondary N) is 4. The first-order valence-corrected chi connectivity index (χ1v) is 14.3. The molecule has 2 atom stereocenters. The lowest BCUT2D eigenvalue weighted by Gasteiger charge is -2.28. The Morgan fingerprint density at radius 1 is 1.00 bits per heavy atom. The van der Waals surface area contributed by atoms with Gasteiger partial charge in [-0.2, -0.15) is 0 Å². The zero-order chi connectivity index (χ0) is 28.3. The Kier molecular flexibility index (Phi) is 11.5. The SMILES string of the molecule is CC(C)C[C@H](NC(=O)NN1CCOCC1)C(=O)NCC(O)CNS(=O)(=O)c1ccc(Oc2ccccc2)cc1. The third-order valence-electron chi connectivity index (χ3n) is 5.73. The molecule has 2 aromatic carbocycles. The number of sulfonamides is 1. The van der Waals surface area contributed by atoms with Gasteiger partial charge in [0.25, 0.3) is 0 Å². The van der Waals surface area contributed by atoms with Gasteiger partial charge in [0.15, 0.2) is 0 Å². The van der Waals surface area contributed by atoms with Crippen LogP contribution in [-0.4, -0.2) is 82.0 Å². The summed E-state index contributed by atoms with van der Waals surface area (Å²) in [5.41, 5.74) is 2.70. The number of aliphatic hydroxyl groups is 1. The molecule has 214 valence electrons. The molecule has 2 aromatic rings. The summed E-state index contributed by atoms with van der Waals surface area (Å²) in [6, 6.07) is 13.6. The number of rotatable bonds is 13. The molecule has 1 aliphatic heterocycles. The smallest absolute Gasteiger partial charge is 0.329 e. The lowest BCUT2D eigenvalue weighted by Crippen LogP contribution is -2.56. The number of aliphatic hydroxyl groups excluding tert-OH is 1. The number of para-hydroxylation sites is 1. The van der Waals surface area contributed by atoms with E-state index in [1.165, 1.54) is 24.3 Å². The second-order valence-corrected chi connectivity index (χ2v) is 11.3. The van der Waals surface area contributed by atoms with Gasteiger partial charge >= 0.3 is 6.03 Å². The average Bonchev–Trinajstić information content (AvgIpc) is 2.91. The molecule has 1 heterocycles. The second kappa shape index (κ2) is 14.8. The summed E-state index contributed by atoms with van der Waals surface area (Å²) >= 11 is 0. The molecule has 0 aliphatic carbocycles. The molecule has 0 aromatic heterocycles. The monoisotopic (exact) mass is 563 g/mol. The first kappa shape index (κ1) is 30.3. The second-order valence-electron chi connectivity index (χ2n) is 9.50. The van der Waals surface area contributed by atoms with Crippen molar-refractivity contribution in [3.8, 4) is 11.5 Å². The van der Waals surface area contributed by atoms with Crippen molar-refractivity contribution < 1.29 is 32.6 Å². The summed E-state index contributed by atoms with van der Waals surface area (Å²) in [5, 5.41) is 17.3. The van der Waals surface area contributed by atoms with E-state index in [1.54, 1.807) is 17.1 Å². The molecule has 0 spiro atoms. The van der Waals surface area contributed by atoms with Crippen molar-refractivity contribution in [2.45, 2.75) is 37.3 Å². The highest BCUT2D eigenvalue weighted by atomic mass is 32.2. The van der Waals surface area contributed by atoms with Crippen molar-refractivity contribution in [3.05, 3.63) is 54.6 Å². The normalized spacial score (nSPS) is 15.8. The van der Waals surface area contributed by atoms with E-state index in [-0.39, 0.29) is 23.9 Å². The van der Waals surface area contributed by atoms with Crippen molar-refractivity contribution in [3.63, 3.8) is 0 Å². The highest BCUT2D eigenvalue weighted by Gasteiger charge is 2.24. The van der Waals surface area contributed by atoms with Crippen LogP contribution in [-0.2, 0) is 19.6 Å². The van der Waals surface area contributed by atoms with E-state index in [0.717, 1.165) is 0 Å². The van der Waals surface area contributed by atoms with Crippen LogP contribution in [0.25, 0.3) is 0 Å². The summed E-state index contributed by atoms with van der Waals surface area (Å²) < 4.78 is 38.5. The van der Waals surface area contributed by atoms with Crippen LogP contribution in [0.4, 0.5) is 4.79 Å². The maximum absolute atomic E-state index is 12.7. The highest BCUT2D eigenvalue weighted by Crippen LogP contribution is 2.22. The Morgan fingerprint density at radius 2 is 1.64 bits per heavy atom. The van der Waals surface area contributed by atoms with Crippen LogP contribution in [0, 0.1) is 5.92 Å². The Bertz CT molecular complexity index is 1160. The predicted molar refractivity (Wildman–Crippen MR) is 144 cm³/mol. The fraction of sp³-hybridized carbons (Fsp3) is 0.462. The summed E-state index contributed by atoms with van der Waals surface area (Å²) in [7, 11) is -3.90. The largest absolute Gasteiger partial charge is 0.457 e. The average molecular weight is 564 g/mol. The van der Waals surface area contributed by atoms with Crippen LogP contribution in [0.15, 0.2) is 59.5 Å². The van der Waals surface area contributed by atoms with Crippen molar-refractivity contribution in [1.82, 2.24) is 25.8 Å². The van der Waals surface area contributed by atoms with Crippen molar-refractivity contribution in [2.75, 3.05) is 39.4 Å². The first-order valence-electron chi connectivity index (χ1n) is 12.8. The maximum atomic E-state index is 12.7. The third-order valence-corrected chi connectivity index (χ3v) is 7.17. The van der Waals surface area contributed by atoms with E-state index >= 15 is 0 Å². The van der Waals surface area contributed by atoms with Crippen LogP contribution >= 0.6 is 0 Å². The number of urea groups is 1. The molecule has 13 heteroatoms. The minimum Gasteiger partial charge on any atom is -0.457 e. The first-order chi connectivity index (χ1) is 18.6. The number of morpholine rings is 1. The van der Waals surface area contributed by atoms with E-state index in [2.05, 4.69) is 20.8 Å². The van der Waals surface area contributed by atoms with Gasteiger partial charge in [0.2, 0.25) is 15.9 Å². The number of carbonyl (C=O) groups is 2. The number of hydrogen-bond donors (Lipinski definition) is 5. The van der Waals surface area contributed by atoms with E-state index < -0.39 is 34.1 Å². The van der Waals surface area contributed by atoms with Crippen LogP contribution in [0.1, 0.15) is 20.3 Å². The maximum Gasteiger partial charge on any atom is 0.329 e. The highest BCUT2D eigenvalue weighted by molar-refractivity contribution is 7.89. The summed E-state index contributed by atoms with van der Waals surface area (Å²) in [4.78, 5) is 25.1. The van der Waals surface area contributed by atoms with E-state index in [4.69, 9.17) is 9.47 Å². The fourth-order valence-corrected chi connectivity index (χ4v) is 4.80. The Hall–Kier alpha value is -3.23. The quantitative estimate of drug-likeness (QED) is 0.243. The summed E-state index contributed by atoms with van der Waals surface area (Å²) in [6.07, 6.45) is -0.805. The zero-order valence-electron chi connectivity index (χ0n) is 22.1. The molecule has 5 N–H and O–H groups in total. The lowest BCUT2D eigenvalue weighted by atomic mass is 10.0. The fourth-order valence-electron chi connectivity index (χ4n) is 3.73. The number of amides is 3. The number of hydrogen-bond acceptors (Lipinski definition) is 8. The van der Waals surface area contributed by atoms with Gasteiger partial charge < -0.3 is 25.2 Å². The topological polar surface area (TPSA) is 158 Å². The number of hydrazine groups is 1. The molecule has 39 heavy (non-hydrogen) atoms.